The molecule has 84 valence electrons. The van der Waals surface area contributed by atoms with E-state index in [0.717, 1.165) is 12.1 Å². The molecule has 0 saturated carbocycles. The summed E-state index contributed by atoms with van der Waals surface area (Å²) in [5.41, 5.74) is -0.771. The Kier molecular flexibility index (Phi) is 3.96. The van der Waals surface area contributed by atoms with Crippen molar-refractivity contribution in [3.05, 3.63) is 29.8 Å². The number of hydrogen-bond donors (Lipinski definition) is 1. The molecule has 0 fully saturated rings. The standard InChI is InChI=1S/C10H5BrF3NO/c11-5-4-9(16)15-8-3-1-2-7(6-8)10(12,13)14/h1-3,6H,(H,15,16). The van der Waals surface area contributed by atoms with Crippen LogP contribution in [0.3, 0.4) is 0 Å². The van der Waals surface area contributed by atoms with E-state index in [2.05, 4.69) is 32.0 Å². The summed E-state index contributed by atoms with van der Waals surface area (Å²) >= 11 is 2.71. The van der Waals surface area contributed by atoms with E-state index in [0.29, 0.717) is 0 Å². The number of halogens is 4. The maximum atomic E-state index is 12.3. The van der Waals surface area contributed by atoms with E-state index < -0.39 is 17.6 Å². The molecule has 0 bridgehead atoms. The Morgan fingerprint density at radius 1 is 1.38 bits per heavy atom. The summed E-state index contributed by atoms with van der Waals surface area (Å²) in [6.07, 6.45) is -4.43. The minimum Gasteiger partial charge on any atom is -0.315 e. The first-order valence-corrected chi connectivity index (χ1v) is 4.82. The van der Waals surface area contributed by atoms with Gasteiger partial charge in [0.05, 0.1) is 5.56 Å². The summed E-state index contributed by atoms with van der Waals surface area (Å²) in [6.45, 7) is 0. The number of amides is 1. The zero-order valence-electron chi connectivity index (χ0n) is 7.73. The van der Waals surface area contributed by atoms with Crippen molar-refractivity contribution >= 4 is 27.5 Å². The molecule has 1 rings (SSSR count). The third kappa shape index (κ3) is 3.59. The summed E-state index contributed by atoms with van der Waals surface area (Å²) in [5.74, 6) is 1.40. The monoisotopic (exact) mass is 291 g/mol. The second-order valence-electron chi connectivity index (χ2n) is 2.75. The molecule has 0 atom stereocenters. The van der Waals surface area contributed by atoms with Crippen LogP contribution in [0.2, 0.25) is 0 Å². The van der Waals surface area contributed by atoms with Crippen LogP contribution in [0.5, 0.6) is 0 Å². The number of hydrogen-bond acceptors (Lipinski definition) is 1. The van der Waals surface area contributed by atoms with E-state index in [1.54, 1.807) is 0 Å². The quantitative estimate of drug-likeness (QED) is 0.792. The summed E-state index contributed by atoms with van der Waals surface area (Å²) in [4.78, 5) is 13.1. The maximum absolute atomic E-state index is 12.3. The lowest BCUT2D eigenvalue weighted by molar-refractivity contribution is -0.137. The Balaban J connectivity index is 2.90. The van der Waals surface area contributed by atoms with E-state index in [-0.39, 0.29) is 5.69 Å². The number of alkyl halides is 3. The zero-order valence-corrected chi connectivity index (χ0v) is 9.32. The van der Waals surface area contributed by atoms with Crippen LogP contribution in [0.1, 0.15) is 5.56 Å². The zero-order chi connectivity index (χ0) is 12.2. The average molecular weight is 292 g/mol. The molecule has 0 aliphatic heterocycles. The Hall–Kier alpha value is -1.48. The second-order valence-corrected chi connectivity index (χ2v) is 3.15. The third-order valence-corrected chi connectivity index (χ3v) is 1.81. The summed E-state index contributed by atoms with van der Waals surface area (Å²) in [7, 11) is 0. The fourth-order valence-corrected chi connectivity index (χ4v) is 1.16. The molecule has 6 heteroatoms. The van der Waals surface area contributed by atoms with Gasteiger partial charge in [0.2, 0.25) is 0 Å². The molecule has 0 aliphatic rings. The topological polar surface area (TPSA) is 29.1 Å². The highest BCUT2D eigenvalue weighted by atomic mass is 79.9. The average Bonchev–Trinajstić information content (AvgIpc) is 2.17. The van der Waals surface area contributed by atoms with Gasteiger partial charge in [-0.15, -0.1) is 0 Å². The molecular weight excluding hydrogens is 287 g/mol. The highest BCUT2D eigenvalue weighted by molar-refractivity contribution is 9.12. The first-order valence-electron chi connectivity index (χ1n) is 4.03. The van der Waals surface area contributed by atoms with Crippen molar-refractivity contribution in [2.45, 2.75) is 6.18 Å². The summed E-state index contributed by atoms with van der Waals surface area (Å²) in [5, 5.41) is 2.21. The second kappa shape index (κ2) is 5.03. The molecule has 1 N–H and O–H groups in total. The molecule has 0 aliphatic carbocycles. The molecule has 0 unspecified atom stereocenters. The number of carbonyl (C=O) groups is 1. The summed E-state index contributed by atoms with van der Waals surface area (Å²) < 4.78 is 36.9. The number of carbonyl (C=O) groups excluding carboxylic acids is 1. The van der Waals surface area contributed by atoms with E-state index >= 15 is 0 Å². The Morgan fingerprint density at radius 2 is 2.06 bits per heavy atom. The smallest absolute Gasteiger partial charge is 0.315 e. The maximum Gasteiger partial charge on any atom is 0.416 e. The van der Waals surface area contributed by atoms with E-state index in [1.165, 1.54) is 12.1 Å². The van der Waals surface area contributed by atoms with Crippen LogP contribution >= 0.6 is 15.9 Å². The lowest BCUT2D eigenvalue weighted by Gasteiger charge is -2.08. The molecule has 16 heavy (non-hydrogen) atoms. The first kappa shape index (κ1) is 12.6. The SMILES string of the molecule is O=C(C#CBr)Nc1cccc(C(F)(F)F)c1. The first-order chi connectivity index (χ1) is 7.43. The molecular formula is C10H5BrF3NO. The van der Waals surface area contributed by atoms with Crippen molar-refractivity contribution in [3.8, 4) is 10.8 Å². The lowest BCUT2D eigenvalue weighted by atomic mass is 10.2. The number of benzene rings is 1. The van der Waals surface area contributed by atoms with Crippen LogP contribution in [-0.2, 0) is 11.0 Å². The lowest BCUT2D eigenvalue weighted by Crippen LogP contribution is -2.10. The molecule has 0 spiro atoms. The van der Waals surface area contributed by atoms with Gasteiger partial charge in [0.15, 0.2) is 0 Å². The largest absolute Gasteiger partial charge is 0.416 e. The van der Waals surface area contributed by atoms with Crippen molar-refractivity contribution in [3.63, 3.8) is 0 Å². The van der Waals surface area contributed by atoms with Gasteiger partial charge in [0.1, 0.15) is 0 Å². The van der Waals surface area contributed by atoms with Crippen molar-refractivity contribution in [2.24, 2.45) is 0 Å². The Labute approximate surface area is 98.0 Å². The van der Waals surface area contributed by atoms with Gasteiger partial charge in [0, 0.05) is 27.5 Å². The molecule has 0 heterocycles. The molecule has 0 radical (unpaired) electrons. The van der Waals surface area contributed by atoms with Crippen LogP contribution in [-0.4, -0.2) is 5.91 Å². The fraction of sp³-hybridized carbons (Fsp3) is 0.100. The predicted octanol–water partition coefficient (Wildman–Crippen LogP) is 3.00. The van der Waals surface area contributed by atoms with Crippen LogP contribution in [0.4, 0.5) is 18.9 Å². The van der Waals surface area contributed by atoms with Gasteiger partial charge < -0.3 is 5.32 Å². The van der Waals surface area contributed by atoms with Gasteiger partial charge in [-0.05, 0) is 23.0 Å². The van der Waals surface area contributed by atoms with Crippen LogP contribution < -0.4 is 5.32 Å². The van der Waals surface area contributed by atoms with Crippen LogP contribution in [0.15, 0.2) is 24.3 Å². The number of anilines is 1. The number of rotatable bonds is 1. The van der Waals surface area contributed by atoms with Crippen LogP contribution in [0, 0.1) is 10.8 Å². The fourth-order valence-electron chi connectivity index (χ4n) is 0.979. The summed E-state index contributed by atoms with van der Waals surface area (Å²) in [6, 6.07) is 4.32. The van der Waals surface area contributed by atoms with E-state index in [1.807, 2.05) is 0 Å². The Morgan fingerprint density at radius 3 is 2.62 bits per heavy atom. The molecule has 1 amide bonds. The van der Waals surface area contributed by atoms with Crippen LogP contribution in [0.25, 0.3) is 0 Å². The molecule has 2 nitrogen and oxygen atoms in total. The van der Waals surface area contributed by atoms with Gasteiger partial charge in [-0.3, -0.25) is 4.79 Å². The molecule has 0 saturated heterocycles. The molecule has 1 aromatic carbocycles. The van der Waals surface area contributed by atoms with E-state index in [4.69, 9.17) is 0 Å². The van der Waals surface area contributed by atoms with Crippen molar-refractivity contribution in [2.75, 3.05) is 5.32 Å². The highest BCUT2D eigenvalue weighted by Crippen LogP contribution is 2.30. The van der Waals surface area contributed by atoms with E-state index in [9.17, 15) is 18.0 Å². The van der Waals surface area contributed by atoms with Gasteiger partial charge in [0.25, 0.3) is 0 Å². The van der Waals surface area contributed by atoms with Gasteiger partial charge in [-0.2, -0.15) is 13.2 Å². The third-order valence-electron chi connectivity index (χ3n) is 1.61. The van der Waals surface area contributed by atoms with Gasteiger partial charge in [-0.25, -0.2) is 0 Å². The van der Waals surface area contributed by atoms with Crippen molar-refractivity contribution in [1.29, 1.82) is 0 Å². The van der Waals surface area contributed by atoms with Crippen molar-refractivity contribution in [1.82, 2.24) is 0 Å². The molecule has 0 aromatic heterocycles. The van der Waals surface area contributed by atoms with Gasteiger partial charge >= 0.3 is 12.1 Å². The molecule has 1 aromatic rings. The highest BCUT2D eigenvalue weighted by Gasteiger charge is 2.30. The number of nitrogens with one attached hydrogen (secondary N) is 1. The van der Waals surface area contributed by atoms with Gasteiger partial charge in [-0.1, -0.05) is 6.07 Å². The normalized spacial score (nSPS) is 10.2. The minimum atomic E-state index is -4.43. The Bertz CT molecular complexity index is 459. The predicted molar refractivity (Wildman–Crippen MR) is 56.8 cm³/mol. The minimum absolute atomic E-state index is 0.0510. The van der Waals surface area contributed by atoms with Crippen molar-refractivity contribution < 1.29 is 18.0 Å².